The molecule has 3 aromatic rings. The van der Waals surface area contributed by atoms with Gasteiger partial charge < -0.3 is 0 Å². The second kappa shape index (κ2) is 9.02. The Morgan fingerprint density at radius 1 is 1.07 bits per heavy atom. The number of amides is 2. The summed E-state index contributed by atoms with van der Waals surface area (Å²) in [5, 5.41) is 4.46. The van der Waals surface area contributed by atoms with Crippen LogP contribution in [0.4, 0.5) is 9.52 Å². The summed E-state index contributed by atoms with van der Waals surface area (Å²) in [7, 11) is 0. The minimum Gasteiger partial charge on any atom is -0.298 e. The molecule has 1 heterocycles. The highest BCUT2D eigenvalue weighted by atomic mass is 32.1. The number of halogens is 1. The van der Waals surface area contributed by atoms with Crippen molar-refractivity contribution in [2.24, 2.45) is 0 Å². The Bertz CT molecular complexity index is 931. The molecule has 138 valence electrons. The van der Waals surface area contributed by atoms with Crippen molar-refractivity contribution in [1.29, 1.82) is 0 Å². The van der Waals surface area contributed by atoms with Crippen molar-refractivity contribution in [3.8, 4) is 0 Å². The predicted octanol–water partition coefficient (Wildman–Crippen LogP) is 3.33. The van der Waals surface area contributed by atoms with E-state index in [1.165, 1.54) is 18.2 Å². The minimum absolute atomic E-state index is 0.000851. The first-order valence-electron chi connectivity index (χ1n) is 8.06. The number of anilines is 1. The fraction of sp³-hybridized carbons (Fsp3) is 0.105. The fourth-order valence-corrected chi connectivity index (χ4v) is 2.94. The van der Waals surface area contributed by atoms with Gasteiger partial charge >= 0.3 is 0 Å². The molecule has 0 aliphatic heterocycles. The maximum absolute atomic E-state index is 13.6. The third-order valence-electron chi connectivity index (χ3n) is 3.50. The standard InChI is InChI=1S/C19H16FN3O3S/c20-16-9-5-4-8-15(16)18(25)22-19-21-14(12-27-19)10-17(24)23-26-11-13-6-2-1-3-7-13/h1-9,12H,10-11H2,(H,23,24)(H,21,22,25). The Labute approximate surface area is 159 Å². The Morgan fingerprint density at radius 2 is 1.81 bits per heavy atom. The van der Waals surface area contributed by atoms with E-state index in [9.17, 15) is 14.0 Å². The summed E-state index contributed by atoms with van der Waals surface area (Å²) in [4.78, 5) is 33.3. The smallest absolute Gasteiger partial charge is 0.260 e. The first-order chi connectivity index (χ1) is 13.1. The van der Waals surface area contributed by atoms with Crippen LogP contribution in [0.15, 0.2) is 60.0 Å². The molecular weight excluding hydrogens is 369 g/mol. The largest absolute Gasteiger partial charge is 0.298 e. The lowest BCUT2D eigenvalue weighted by molar-refractivity contribution is -0.133. The number of hydrogen-bond donors (Lipinski definition) is 2. The van der Waals surface area contributed by atoms with E-state index >= 15 is 0 Å². The maximum Gasteiger partial charge on any atom is 0.260 e. The molecule has 27 heavy (non-hydrogen) atoms. The number of benzene rings is 2. The number of nitrogens with one attached hydrogen (secondary N) is 2. The topological polar surface area (TPSA) is 80.3 Å². The number of carbonyl (C=O) groups excluding carboxylic acids is 2. The molecule has 6 nitrogen and oxygen atoms in total. The molecule has 0 saturated carbocycles. The van der Waals surface area contributed by atoms with E-state index in [0.29, 0.717) is 5.69 Å². The van der Waals surface area contributed by atoms with E-state index in [1.807, 2.05) is 30.3 Å². The highest BCUT2D eigenvalue weighted by molar-refractivity contribution is 7.14. The van der Waals surface area contributed by atoms with Gasteiger partial charge in [0, 0.05) is 5.38 Å². The number of hydrogen-bond acceptors (Lipinski definition) is 5. The zero-order valence-electron chi connectivity index (χ0n) is 14.1. The highest BCUT2D eigenvalue weighted by Crippen LogP contribution is 2.17. The molecule has 3 rings (SSSR count). The van der Waals surface area contributed by atoms with Gasteiger partial charge in [-0.15, -0.1) is 11.3 Å². The average Bonchev–Trinajstić information content (AvgIpc) is 3.09. The van der Waals surface area contributed by atoms with Gasteiger partial charge in [-0.3, -0.25) is 19.7 Å². The molecule has 0 fully saturated rings. The van der Waals surface area contributed by atoms with E-state index < -0.39 is 11.7 Å². The number of nitrogens with zero attached hydrogens (tertiary/aromatic N) is 1. The molecule has 0 aliphatic rings. The average molecular weight is 385 g/mol. The zero-order valence-corrected chi connectivity index (χ0v) is 15.0. The lowest BCUT2D eigenvalue weighted by Crippen LogP contribution is -2.25. The summed E-state index contributed by atoms with van der Waals surface area (Å²) in [5.41, 5.74) is 3.69. The monoisotopic (exact) mass is 385 g/mol. The van der Waals surface area contributed by atoms with E-state index in [-0.39, 0.29) is 29.6 Å². The maximum atomic E-state index is 13.6. The summed E-state index contributed by atoms with van der Waals surface area (Å²) in [6, 6.07) is 15.1. The quantitative estimate of drug-likeness (QED) is 0.612. The predicted molar refractivity (Wildman–Crippen MR) is 99.5 cm³/mol. The van der Waals surface area contributed by atoms with Crippen LogP contribution in [0, 0.1) is 5.82 Å². The molecule has 2 amide bonds. The Morgan fingerprint density at radius 3 is 2.59 bits per heavy atom. The molecule has 0 atom stereocenters. The van der Waals surface area contributed by atoms with Crippen LogP contribution in [0.5, 0.6) is 0 Å². The zero-order chi connectivity index (χ0) is 19.1. The minimum atomic E-state index is -0.610. The normalized spacial score (nSPS) is 10.4. The van der Waals surface area contributed by atoms with Gasteiger partial charge in [-0.05, 0) is 17.7 Å². The Kier molecular flexibility index (Phi) is 6.24. The molecule has 0 saturated heterocycles. The molecule has 2 N–H and O–H groups in total. The molecule has 0 spiro atoms. The van der Waals surface area contributed by atoms with Gasteiger partial charge in [-0.2, -0.15) is 0 Å². The van der Waals surface area contributed by atoms with E-state index in [1.54, 1.807) is 11.4 Å². The first-order valence-corrected chi connectivity index (χ1v) is 8.94. The molecule has 0 radical (unpaired) electrons. The number of rotatable bonds is 7. The number of carbonyl (C=O) groups is 2. The van der Waals surface area contributed by atoms with Gasteiger partial charge in [0.05, 0.1) is 24.3 Å². The fourth-order valence-electron chi connectivity index (χ4n) is 2.23. The lowest BCUT2D eigenvalue weighted by atomic mass is 10.2. The van der Waals surface area contributed by atoms with Crippen molar-refractivity contribution >= 4 is 28.3 Å². The van der Waals surface area contributed by atoms with Crippen molar-refractivity contribution in [1.82, 2.24) is 10.5 Å². The summed E-state index contributed by atoms with van der Waals surface area (Å²) in [6.07, 6.45) is 0.000851. The first kappa shape index (κ1) is 18.7. The van der Waals surface area contributed by atoms with Crippen LogP contribution in [0.25, 0.3) is 0 Å². The third kappa shape index (κ3) is 5.44. The van der Waals surface area contributed by atoms with Crippen LogP contribution in [0.3, 0.4) is 0 Å². The van der Waals surface area contributed by atoms with Crippen molar-refractivity contribution < 1.29 is 18.8 Å². The number of thiazole rings is 1. The van der Waals surface area contributed by atoms with Crippen LogP contribution in [-0.4, -0.2) is 16.8 Å². The second-order valence-electron chi connectivity index (χ2n) is 5.55. The van der Waals surface area contributed by atoms with Crippen molar-refractivity contribution in [3.63, 3.8) is 0 Å². The molecule has 0 bridgehead atoms. The second-order valence-corrected chi connectivity index (χ2v) is 6.41. The molecule has 0 unspecified atom stereocenters. The molecular formula is C19H16FN3O3S. The number of hydroxylamine groups is 1. The summed E-state index contributed by atoms with van der Waals surface area (Å²) >= 11 is 1.15. The molecule has 8 heteroatoms. The van der Waals surface area contributed by atoms with Crippen LogP contribution in [0.1, 0.15) is 21.6 Å². The molecule has 2 aromatic carbocycles. The van der Waals surface area contributed by atoms with Gasteiger partial charge in [-0.1, -0.05) is 42.5 Å². The van der Waals surface area contributed by atoms with Crippen molar-refractivity contribution in [3.05, 3.63) is 82.6 Å². The summed E-state index contributed by atoms with van der Waals surface area (Å²) in [5.74, 6) is -1.56. The Hall–Kier alpha value is -3.10. The van der Waals surface area contributed by atoms with Gasteiger partial charge in [-0.25, -0.2) is 14.9 Å². The van der Waals surface area contributed by atoms with Crippen molar-refractivity contribution in [2.45, 2.75) is 13.0 Å². The van der Waals surface area contributed by atoms with E-state index in [2.05, 4.69) is 15.8 Å². The molecule has 1 aromatic heterocycles. The van der Waals surface area contributed by atoms with Crippen molar-refractivity contribution in [2.75, 3.05) is 5.32 Å². The molecule has 0 aliphatic carbocycles. The van der Waals surface area contributed by atoms with E-state index in [0.717, 1.165) is 16.9 Å². The van der Waals surface area contributed by atoms with Gasteiger partial charge in [0.2, 0.25) is 5.91 Å². The summed E-state index contributed by atoms with van der Waals surface area (Å²) in [6.45, 7) is 0.258. The SMILES string of the molecule is O=C(Cc1csc(NC(=O)c2ccccc2F)n1)NOCc1ccccc1. The van der Waals surface area contributed by atoms with Gasteiger partial charge in [0.1, 0.15) is 5.82 Å². The summed E-state index contributed by atoms with van der Waals surface area (Å²) < 4.78 is 13.6. The van der Waals surface area contributed by atoms with Crippen LogP contribution < -0.4 is 10.8 Å². The van der Waals surface area contributed by atoms with Crippen LogP contribution >= 0.6 is 11.3 Å². The van der Waals surface area contributed by atoms with Crippen LogP contribution in [0.2, 0.25) is 0 Å². The third-order valence-corrected chi connectivity index (χ3v) is 4.31. The van der Waals surface area contributed by atoms with Gasteiger partial charge in [0.15, 0.2) is 5.13 Å². The lowest BCUT2D eigenvalue weighted by Gasteiger charge is -2.05. The Balaban J connectivity index is 1.48. The van der Waals surface area contributed by atoms with Crippen LogP contribution in [-0.2, 0) is 22.7 Å². The van der Waals surface area contributed by atoms with Gasteiger partial charge in [0.25, 0.3) is 5.91 Å². The highest BCUT2D eigenvalue weighted by Gasteiger charge is 2.14. The van der Waals surface area contributed by atoms with E-state index in [4.69, 9.17) is 4.84 Å². The number of aromatic nitrogens is 1.